The summed E-state index contributed by atoms with van der Waals surface area (Å²) in [5.41, 5.74) is 0. The first-order chi connectivity index (χ1) is 9.13. The Kier molecular flexibility index (Phi) is 8.92. The molecule has 108 valence electrons. The van der Waals surface area contributed by atoms with Crippen LogP contribution in [0.1, 0.15) is 19.3 Å². The van der Waals surface area contributed by atoms with Crippen molar-refractivity contribution in [3.05, 3.63) is 28.2 Å². The Morgan fingerprint density at radius 3 is 2.68 bits per heavy atom. The summed E-state index contributed by atoms with van der Waals surface area (Å²) in [5.74, 6) is 0.997. The summed E-state index contributed by atoms with van der Waals surface area (Å²) in [6.45, 7) is 2.39. The molecule has 0 saturated carbocycles. The van der Waals surface area contributed by atoms with Gasteiger partial charge in [0.15, 0.2) is 0 Å². The summed E-state index contributed by atoms with van der Waals surface area (Å²) >= 11 is 13.8. The Labute approximate surface area is 130 Å². The van der Waals surface area contributed by atoms with Crippen LogP contribution >= 0.6 is 35.0 Å². The molecule has 0 radical (unpaired) electrons. The number of unbranched alkanes of at least 4 members (excludes halogenated alkanes) is 2. The predicted molar refractivity (Wildman–Crippen MR) is 85.6 cm³/mol. The van der Waals surface area contributed by atoms with E-state index in [1.54, 1.807) is 17.8 Å². The van der Waals surface area contributed by atoms with Gasteiger partial charge in [-0.2, -0.15) is 0 Å². The second-order valence-electron chi connectivity index (χ2n) is 4.51. The lowest BCUT2D eigenvalue weighted by molar-refractivity contribution is 0.275. The quantitative estimate of drug-likeness (QED) is 0.545. The molecule has 0 aliphatic rings. The number of thioether (sulfide) groups is 1. The first-order valence-corrected chi connectivity index (χ1v) is 8.25. The summed E-state index contributed by atoms with van der Waals surface area (Å²) in [7, 11) is 2.12. The van der Waals surface area contributed by atoms with Crippen molar-refractivity contribution in [3.8, 4) is 0 Å². The first-order valence-electron chi connectivity index (χ1n) is 6.50. The standard InChI is InChI=1S/C14H21Cl2NOS/c1-17(7-3-2-4-9-18)8-10-19-14-11-12(15)5-6-13(14)16/h5-6,11,18H,2-4,7-10H2,1H3. The minimum atomic E-state index is 0.298. The van der Waals surface area contributed by atoms with Gasteiger partial charge >= 0.3 is 0 Å². The first kappa shape index (κ1) is 17.1. The molecule has 0 aromatic heterocycles. The second kappa shape index (κ2) is 9.89. The highest BCUT2D eigenvalue weighted by molar-refractivity contribution is 7.99. The summed E-state index contributed by atoms with van der Waals surface area (Å²) in [4.78, 5) is 3.35. The molecule has 0 atom stereocenters. The number of hydrogen-bond acceptors (Lipinski definition) is 3. The van der Waals surface area contributed by atoms with Crippen molar-refractivity contribution < 1.29 is 5.11 Å². The molecule has 1 aromatic rings. The third-order valence-corrected chi connectivity index (χ3v) is 4.53. The van der Waals surface area contributed by atoms with E-state index in [4.69, 9.17) is 28.3 Å². The fourth-order valence-corrected chi connectivity index (χ4v) is 3.24. The molecule has 1 N–H and O–H groups in total. The molecule has 5 heteroatoms. The van der Waals surface area contributed by atoms with E-state index >= 15 is 0 Å². The zero-order valence-electron chi connectivity index (χ0n) is 11.2. The molecule has 2 nitrogen and oxygen atoms in total. The van der Waals surface area contributed by atoms with Crippen LogP contribution in [0.25, 0.3) is 0 Å². The second-order valence-corrected chi connectivity index (χ2v) is 6.49. The molecule has 0 spiro atoms. The Morgan fingerprint density at radius 2 is 1.95 bits per heavy atom. The number of hydrogen-bond donors (Lipinski definition) is 1. The Balaban J connectivity index is 2.20. The molecule has 0 amide bonds. The fraction of sp³-hybridized carbons (Fsp3) is 0.571. The average Bonchev–Trinajstić information content (AvgIpc) is 2.39. The highest BCUT2D eigenvalue weighted by Crippen LogP contribution is 2.29. The van der Waals surface area contributed by atoms with E-state index in [2.05, 4.69) is 11.9 Å². The van der Waals surface area contributed by atoms with Gasteiger partial charge in [-0.1, -0.05) is 23.2 Å². The third-order valence-electron chi connectivity index (χ3n) is 2.82. The zero-order chi connectivity index (χ0) is 14.1. The van der Waals surface area contributed by atoms with Crippen molar-refractivity contribution in [2.45, 2.75) is 24.2 Å². The Hall–Kier alpha value is 0.0700. The summed E-state index contributed by atoms with van der Waals surface area (Å²) in [5, 5.41) is 10.2. The SMILES string of the molecule is CN(CCCCCO)CCSc1cc(Cl)ccc1Cl. The van der Waals surface area contributed by atoms with Crippen LogP contribution in [0.15, 0.2) is 23.1 Å². The van der Waals surface area contributed by atoms with E-state index in [0.717, 1.165) is 53.0 Å². The molecular weight excluding hydrogens is 301 g/mol. The maximum absolute atomic E-state index is 8.71. The van der Waals surface area contributed by atoms with Gasteiger partial charge < -0.3 is 10.0 Å². The molecule has 19 heavy (non-hydrogen) atoms. The van der Waals surface area contributed by atoms with Crippen molar-refractivity contribution in [2.24, 2.45) is 0 Å². The van der Waals surface area contributed by atoms with Crippen LogP contribution in [0.4, 0.5) is 0 Å². The largest absolute Gasteiger partial charge is 0.396 e. The van der Waals surface area contributed by atoms with Crippen LogP contribution in [-0.4, -0.2) is 42.5 Å². The number of nitrogens with zero attached hydrogens (tertiary/aromatic N) is 1. The van der Waals surface area contributed by atoms with E-state index in [9.17, 15) is 0 Å². The van der Waals surface area contributed by atoms with Gasteiger partial charge in [0.05, 0.1) is 5.02 Å². The van der Waals surface area contributed by atoms with E-state index < -0.39 is 0 Å². The molecule has 0 saturated heterocycles. The molecule has 0 unspecified atom stereocenters. The molecule has 1 aromatic carbocycles. The number of benzene rings is 1. The minimum absolute atomic E-state index is 0.298. The Morgan fingerprint density at radius 1 is 1.16 bits per heavy atom. The van der Waals surface area contributed by atoms with Gasteiger partial charge in [0.2, 0.25) is 0 Å². The highest BCUT2D eigenvalue weighted by atomic mass is 35.5. The van der Waals surface area contributed by atoms with Gasteiger partial charge in [-0.15, -0.1) is 11.8 Å². The van der Waals surface area contributed by atoms with Crippen LogP contribution in [0, 0.1) is 0 Å². The van der Waals surface area contributed by atoms with Gasteiger partial charge in [-0.05, 0) is 51.1 Å². The van der Waals surface area contributed by atoms with Crippen molar-refractivity contribution in [1.82, 2.24) is 4.90 Å². The number of aliphatic hydroxyl groups is 1. The van der Waals surface area contributed by atoms with Crippen LogP contribution in [0.5, 0.6) is 0 Å². The summed E-state index contributed by atoms with van der Waals surface area (Å²) < 4.78 is 0. The van der Waals surface area contributed by atoms with Crippen LogP contribution in [0.3, 0.4) is 0 Å². The van der Waals surface area contributed by atoms with Gasteiger partial charge in [-0.3, -0.25) is 0 Å². The molecule has 1 rings (SSSR count). The Bertz CT molecular complexity index is 376. The monoisotopic (exact) mass is 321 g/mol. The van der Waals surface area contributed by atoms with Gasteiger partial charge in [0.1, 0.15) is 0 Å². The van der Waals surface area contributed by atoms with Crippen LogP contribution < -0.4 is 0 Å². The van der Waals surface area contributed by atoms with Gasteiger partial charge in [0, 0.05) is 28.8 Å². The molecule has 0 heterocycles. The van der Waals surface area contributed by atoms with E-state index in [0.29, 0.717) is 6.61 Å². The van der Waals surface area contributed by atoms with E-state index in [1.807, 2.05) is 12.1 Å². The summed E-state index contributed by atoms with van der Waals surface area (Å²) in [6, 6.07) is 5.56. The third kappa shape index (κ3) is 7.42. The molecule has 0 aliphatic carbocycles. The molecule has 0 fully saturated rings. The number of rotatable bonds is 9. The van der Waals surface area contributed by atoms with Crippen molar-refractivity contribution in [2.75, 3.05) is 32.5 Å². The lowest BCUT2D eigenvalue weighted by Crippen LogP contribution is -2.22. The lowest BCUT2D eigenvalue weighted by atomic mass is 10.2. The zero-order valence-corrected chi connectivity index (χ0v) is 13.6. The van der Waals surface area contributed by atoms with Gasteiger partial charge in [-0.25, -0.2) is 0 Å². The normalized spacial score (nSPS) is 11.2. The van der Waals surface area contributed by atoms with Crippen molar-refractivity contribution >= 4 is 35.0 Å². The fourth-order valence-electron chi connectivity index (χ4n) is 1.68. The van der Waals surface area contributed by atoms with Crippen LogP contribution in [-0.2, 0) is 0 Å². The maximum atomic E-state index is 8.71. The topological polar surface area (TPSA) is 23.5 Å². The highest BCUT2D eigenvalue weighted by Gasteiger charge is 2.03. The maximum Gasteiger partial charge on any atom is 0.0542 e. The number of halogens is 2. The summed E-state index contributed by atoms with van der Waals surface area (Å²) in [6.07, 6.45) is 3.13. The van der Waals surface area contributed by atoms with E-state index in [-0.39, 0.29) is 0 Å². The van der Waals surface area contributed by atoms with Crippen molar-refractivity contribution in [1.29, 1.82) is 0 Å². The predicted octanol–water partition coefficient (Wildman–Crippen LogP) is 4.18. The lowest BCUT2D eigenvalue weighted by Gasteiger charge is -2.16. The molecule has 0 aliphatic heterocycles. The smallest absolute Gasteiger partial charge is 0.0542 e. The molecular formula is C14H21Cl2NOS. The van der Waals surface area contributed by atoms with Gasteiger partial charge in [0.25, 0.3) is 0 Å². The van der Waals surface area contributed by atoms with Crippen LogP contribution in [0.2, 0.25) is 10.0 Å². The minimum Gasteiger partial charge on any atom is -0.396 e. The molecule has 0 bridgehead atoms. The van der Waals surface area contributed by atoms with Crippen molar-refractivity contribution in [3.63, 3.8) is 0 Å². The number of aliphatic hydroxyl groups excluding tert-OH is 1. The average molecular weight is 322 g/mol. The van der Waals surface area contributed by atoms with E-state index in [1.165, 1.54) is 0 Å².